The first-order chi connectivity index (χ1) is 13.6. The summed E-state index contributed by atoms with van der Waals surface area (Å²) in [6.45, 7) is 11.5. The lowest BCUT2D eigenvalue weighted by Crippen LogP contribution is -1.96. The summed E-state index contributed by atoms with van der Waals surface area (Å²) < 4.78 is 6.80. The Bertz CT molecular complexity index is 855. The third-order valence-corrected chi connectivity index (χ3v) is 4.95. The zero-order valence-corrected chi connectivity index (χ0v) is 18.6. The molecule has 0 aliphatic carbocycles. The minimum Gasteiger partial charge on any atom is -0.494 e. The molecule has 0 fully saturated rings. The average Bonchev–Trinajstić information content (AvgIpc) is 2.72. The molecule has 2 aromatic carbocycles. The summed E-state index contributed by atoms with van der Waals surface area (Å²) in [6.07, 6.45) is 8.25. The van der Waals surface area contributed by atoms with Gasteiger partial charge in [-0.1, -0.05) is 91.0 Å². The lowest BCUT2D eigenvalue weighted by Gasteiger charge is -2.15. The highest BCUT2D eigenvalue weighted by molar-refractivity contribution is 9.11. The van der Waals surface area contributed by atoms with Crippen molar-refractivity contribution in [3.05, 3.63) is 101 Å². The van der Waals surface area contributed by atoms with Crippen molar-refractivity contribution in [1.29, 1.82) is 0 Å². The van der Waals surface area contributed by atoms with Gasteiger partial charge >= 0.3 is 0 Å². The van der Waals surface area contributed by atoms with E-state index < -0.39 is 0 Å². The molecule has 1 nitrogen and oxygen atoms in total. The Labute approximate surface area is 178 Å². The summed E-state index contributed by atoms with van der Waals surface area (Å²) in [4.78, 5) is 0. The van der Waals surface area contributed by atoms with Gasteiger partial charge in [0.2, 0.25) is 0 Å². The molecule has 28 heavy (non-hydrogen) atoms. The van der Waals surface area contributed by atoms with Crippen molar-refractivity contribution in [2.24, 2.45) is 0 Å². The Balaban J connectivity index is 2.45. The van der Waals surface area contributed by atoms with Crippen LogP contribution in [0.1, 0.15) is 44.7 Å². The zero-order chi connectivity index (χ0) is 20.4. The molecule has 0 aliphatic rings. The summed E-state index contributed by atoms with van der Waals surface area (Å²) in [7, 11) is 0. The summed E-state index contributed by atoms with van der Waals surface area (Å²) in [6, 6.07) is 18.7. The van der Waals surface area contributed by atoms with E-state index in [1.54, 1.807) is 0 Å². The molecule has 0 saturated heterocycles. The second-order valence-corrected chi connectivity index (χ2v) is 7.51. The topological polar surface area (TPSA) is 9.23 Å². The van der Waals surface area contributed by atoms with Crippen LogP contribution in [0.2, 0.25) is 0 Å². The molecule has 0 bridgehead atoms. The maximum atomic E-state index is 5.74. The normalized spacial score (nSPS) is 12.8. The number of ether oxygens (including phenoxy) is 1. The number of benzene rings is 2. The van der Waals surface area contributed by atoms with Crippen LogP contribution >= 0.6 is 15.9 Å². The molecular weight excluding hydrogens is 408 g/mol. The third kappa shape index (κ3) is 6.38. The van der Waals surface area contributed by atoms with Gasteiger partial charge in [0.25, 0.3) is 0 Å². The predicted octanol–water partition coefficient (Wildman–Crippen LogP) is 8.21. The molecule has 2 rings (SSSR count). The van der Waals surface area contributed by atoms with E-state index >= 15 is 0 Å². The highest BCUT2D eigenvalue weighted by Crippen LogP contribution is 2.33. The molecule has 146 valence electrons. The highest BCUT2D eigenvalue weighted by Gasteiger charge is 2.10. The second kappa shape index (κ2) is 11.5. The van der Waals surface area contributed by atoms with Crippen molar-refractivity contribution in [3.63, 3.8) is 0 Å². The number of halogens is 1. The van der Waals surface area contributed by atoms with E-state index in [0.717, 1.165) is 46.4 Å². The van der Waals surface area contributed by atoms with E-state index in [4.69, 9.17) is 4.74 Å². The first-order valence-corrected chi connectivity index (χ1v) is 10.6. The number of hydrogen-bond donors (Lipinski definition) is 0. The van der Waals surface area contributed by atoms with E-state index in [1.165, 1.54) is 11.1 Å². The quantitative estimate of drug-likeness (QED) is 0.284. The molecule has 2 aromatic rings. The molecule has 0 radical (unpaired) electrons. The summed E-state index contributed by atoms with van der Waals surface area (Å²) >= 11 is 3.59. The van der Waals surface area contributed by atoms with Gasteiger partial charge in [-0.15, -0.1) is 0 Å². The molecule has 0 aromatic heterocycles. The van der Waals surface area contributed by atoms with Gasteiger partial charge in [-0.05, 0) is 65.8 Å². The van der Waals surface area contributed by atoms with Gasteiger partial charge in [0, 0.05) is 4.48 Å². The van der Waals surface area contributed by atoms with Crippen LogP contribution in [-0.2, 0) is 0 Å². The number of hydrogen-bond acceptors (Lipinski definition) is 1. The Hall–Kier alpha value is -2.32. The van der Waals surface area contributed by atoms with Crippen molar-refractivity contribution >= 4 is 27.1 Å². The molecule has 0 N–H and O–H groups in total. The van der Waals surface area contributed by atoms with Crippen LogP contribution in [0.25, 0.3) is 11.1 Å². The Morgan fingerprint density at radius 3 is 2.25 bits per heavy atom. The zero-order valence-electron chi connectivity index (χ0n) is 17.0. The molecule has 0 amide bonds. The van der Waals surface area contributed by atoms with E-state index in [0.29, 0.717) is 0 Å². The lowest BCUT2D eigenvalue weighted by atomic mass is 9.90. The van der Waals surface area contributed by atoms with Gasteiger partial charge in [-0.3, -0.25) is 0 Å². The Morgan fingerprint density at radius 2 is 1.64 bits per heavy atom. The number of rotatable bonds is 9. The van der Waals surface area contributed by atoms with Crippen LogP contribution in [0.15, 0.2) is 89.5 Å². The molecular formula is C26H29BrO. The fourth-order valence-electron chi connectivity index (χ4n) is 2.94. The second-order valence-electron chi connectivity index (χ2n) is 6.59. The summed E-state index contributed by atoms with van der Waals surface area (Å²) in [5, 5.41) is 0. The van der Waals surface area contributed by atoms with Gasteiger partial charge < -0.3 is 4.74 Å². The SMILES string of the molecule is C=C(/C=C\C(Br)=C/CC)/C(=C(\C)c1ccccc1)c1ccc(OCCC)cc1. The Morgan fingerprint density at radius 1 is 0.964 bits per heavy atom. The Kier molecular flexibility index (Phi) is 9.03. The first kappa shape index (κ1) is 22.0. The van der Waals surface area contributed by atoms with E-state index in [2.05, 4.69) is 97.9 Å². The van der Waals surface area contributed by atoms with Gasteiger partial charge in [0.05, 0.1) is 6.61 Å². The first-order valence-electron chi connectivity index (χ1n) is 9.79. The molecule has 0 spiro atoms. The van der Waals surface area contributed by atoms with Crippen LogP contribution in [0.3, 0.4) is 0 Å². The van der Waals surface area contributed by atoms with Gasteiger partial charge in [0.15, 0.2) is 0 Å². The minimum atomic E-state index is 0.734. The average molecular weight is 437 g/mol. The highest BCUT2D eigenvalue weighted by atomic mass is 79.9. The third-order valence-electron chi connectivity index (χ3n) is 4.36. The van der Waals surface area contributed by atoms with Crippen molar-refractivity contribution < 1.29 is 4.74 Å². The summed E-state index contributed by atoms with van der Waals surface area (Å²) in [5.41, 5.74) is 5.65. The maximum Gasteiger partial charge on any atom is 0.119 e. The number of allylic oxidation sites excluding steroid dienone is 7. The standard InChI is InChI=1S/C26H29BrO/c1-5-10-24(27)16-13-20(3)26(21(4)22-11-8-7-9-12-22)23-14-17-25(18-15-23)28-19-6-2/h7-18H,3,5-6,19H2,1-2,4H3/b16-13-,24-10+,26-21-. The van der Waals surface area contributed by atoms with Crippen LogP contribution in [0, 0.1) is 0 Å². The van der Waals surface area contributed by atoms with Crippen LogP contribution in [-0.4, -0.2) is 6.61 Å². The van der Waals surface area contributed by atoms with Crippen molar-refractivity contribution in [1.82, 2.24) is 0 Å². The minimum absolute atomic E-state index is 0.734. The summed E-state index contributed by atoms with van der Waals surface area (Å²) in [5.74, 6) is 0.900. The van der Waals surface area contributed by atoms with E-state index in [9.17, 15) is 0 Å². The van der Waals surface area contributed by atoms with E-state index in [-0.39, 0.29) is 0 Å². The van der Waals surface area contributed by atoms with Gasteiger partial charge in [0.1, 0.15) is 5.75 Å². The lowest BCUT2D eigenvalue weighted by molar-refractivity contribution is 0.317. The molecule has 0 saturated carbocycles. The molecule has 0 heterocycles. The molecule has 2 heteroatoms. The molecule has 0 unspecified atom stereocenters. The van der Waals surface area contributed by atoms with Gasteiger partial charge in [-0.2, -0.15) is 0 Å². The predicted molar refractivity (Wildman–Crippen MR) is 127 cm³/mol. The molecule has 0 aliphatic heterocycles. The van der Waals surface area contributed by atoms with Crippen LogP contribution in [0.5, 0.6) is 5.75 Å². The van der Waals surface area contributed by atoms with Crippen molar-refractivity contribution in [3.8, 4) is 5.75 Å². The smallest absolute Gasteiger partial charge is 0.119 e. The monoisotopic (exact) mass is 436 g/mol. The molecule has 0 atom stereocenters. The van der Waals surface area contributed by atoms with Crippen molar-refractivity contribution in [2.75, 3.05) is 6.61 Å². The maximum absolute atomic E-state index is 5.74. The van der Waals surface area contributed by atoms with Crippen molar-refractivity contribution in [2.45, 2.75) is 33.6 Å². The van der Waals surface area contributed by atoms with Crippen LogP contribution in [0.4, 0.5) is 0 Å². The fraction of sp³-hybridized carbons (Fsp3) is 0.231. The van der Waals surface area contributed by atoms with E-state index in [1.807, 2.05) is 18.2 Å². The fourth-order valence-corrected chi connectivity index (χ4v) is 3.40. The van der Waals surface area contributed by atoms with Crippen LogP contribution < -0.4 is 4.74 Å². The van der Waals surface area contributed by atoms with Gasteiger partial charge in [-0.25, -0.2) is 0 Å². The largest absolute Gasteiger partial charge is 0.494 e.